The zero-order valence-electron chi connectivity index (χ0n) is 9.29. The van der Waals surface area contributed by atoms with Gasteiger partial charge < -0.3 is 10.6 Å². The molecule has 0 aliphatic rings. The third-order valence-corrected chi connectivity index (χ3v) is 2.45. The standard InChI is InChI=1S/C9H20N2O2S/c1-7(2)10-9(12)11-8(3)5-6-14(4)13/h7-8H,5-6H2,1-4H3,(H2,10,11,12). The van der Waals surface area contributed by atoms with Crippen LogP contribution < -0.4 is 10.6 Å². The SMILES string of the molecule is CC(C)NC(=O)NC(C)CCS(C)=O. The van der Waals surface area contributed by atoms with Crippen LogP contribution in [0, 0.1) is 0 Å². The van der Waals surface area contributed by atoms with Gasteiger partial charge in [-0.25, -0.2) is 4.79 Å². The zero-order chi connectivity index (χ0) is 11.1. The number of hydrogen-bond donors (Lipinski definition) is 2. The Hall–Kier alpha value is -0.580. The van der Waals surface area contributed by atoms with Crippen LogP contribution in [0.2, 0.25) is 0 Å². The lowest BCUT2D eigenvalue weighted by Gasteiger charge is -2.15. The van der Waals surface area contributed by atoms with Crippen LogP contribution in [0.4, 0.5) is 4.79 Å². The normalized spacial score (nSPS) is 14.9. The van der Waals surface area contributed by atoms with Gasteiger partial charge in [0.1, 0.15) is 0 Å². The van der Waals surface area contributed by atoms with Crippen molar-refractivity contribution < 1.29 is 9.00 Å². The van der Waals surface area contributed by atoms with Crippen LogP contribution in [0.5, 0.6) is 0 Å². The molecule has 0 radical (unpaired) electrons. The summed E-state index contributed by atoms with van der Waals surface area (Å²) in [4.78, 5) is 11.2. The van der Waals surface area contributed by atoms with Crippen molar-refractivity contribution in [2.75, 3.05) is 12.0 Å². The van der Waals surface area contributed by atoms with E-state index in [9.17, 15) is 9.00 Å². The van der Waals surface area contributed by atoms with E-state index in [1.54, 1.807) is 6.26 Å². The third kappa shape index (κ3) is 8.04. The lowest BCUT2D eigenvalue weighted by molar-refractivity contribution is 0.235. The molecule has 5 heteroatoms. The minimum absolute atomic E-state index is 0.0673. The second kappa shape index (κ2) is 6.81. The van der Waals surface area contributed by atoms with Gasteiger partial charge in [0.15, 0.2) is 0 Å². The van der Waals surface area contributed by atoms with Gasteiger partial charge in [0.25, 0.3) is 0 Å². The van der Waals surface area contributed by atoms with Gasteiger partial charge >= 0.3 is 6.03 Å². The molecule has 0 saturated carbocycles. The smallest absolute Gasteiger partial charge is 0.315 e. The quantitative estimate of drug-likeness (QED) is 0.721. The molecule has 0 aromatic carbocycles. The Balaban J connectivity index is 3.65. The average molecular weight is 220 g/mol. The molecule has 2 atom stereocenters. The number of carbonyl (C=O) groups is 1. The van der Waals surface area contributed by atoms with Crippen molar-refractivity contribution in [2.45, 2.75) is 39.3 Å². The van der Waals surface area contributed by atoms with Crippen molar-refractivity contribution in [1.29, 1.82) is 0 Å². The van der Waals surface area contributed by atoms with E-state index >= 15 is 0 Å². The molecule has 2 unspecified atom stereocenters. The van der Waals surface area contributed by atoms with E-state index in [-0.39, 0.29) is 18.1 Å². The van der Waals surface area contributed by atoms with Crippen LogP contribution in [-0.4, -0.2) is 34.3 Å². The summed E-state index contributed by atoms with van der Waals surface area (Å²) in [5, 5.41) is 5.52. The minimum atomic E-state index is -0.783. The number of hydrogen-bond acceptors (Lipinski definition) is 2. The van der Waals surface area contributed by atoms with Crippen molar-refractivity contribution in [2.24, 2.45) is 0 Å². The van der Waals surface area contributed by atoms with Crippen molar-refractivity contribution in [3.8, 4) is 0 Å². The maximum atomic E-state index is 11.2. The summed E-state index contributed by atoms with van der Waals surface area (Å²) < 4.78 is 10.8. The molecule has 0 aliphatic heterocycles. The molecule has 0 heterocycles. The average Bonchev–Trinajstić information content (AvgIpc) is 1.98. The molecule has 14 heavy (non-hydrogen) atoms. The van der Waals surface area contributed by atoms with E-state index in [4.69, 9.17) is 0 Å². The summed E-state index contributed by atoms with van der Waals surface area (Å²) in [5.74, 6) is 0.628. The van der Waals surface area contributed by atoms with Crippen molar-refractivity contribution in [3.05, 3.63) is 0 Å². The molecule has 84 valence electrons. The molecular weight excluding hydrogens is 200 g/mol. The van der Waals surface area contributed by atoms with Crippen LogP contribution in [0.15, 0.2) is 0 Å². The van der Waals surface area contributed by atoms with Gasteiger partial charge in [0, 0.05) is 34.9 Å². The number of urea groups is 1. The summed E-state index contributed by atoms with van der Waals surface area (Å²) >= 11 is 0. The van der Waals surface area contributed by atoms with Crippen molar-refractivity contribution in [1.82, 2.24) is 10.6 Å². The predicted octanol–water partition coefficient (Wildman–Crippen LogP) is 0.851. The van der Waals surface area contributed by atoms with Gasteiger partial charge in [-0.2, -0.15) is 0 Å². The maximum Gasteiger partial charge on any atom is 0.315 e. The molecule has 4 nitrogen and oxygen atoms in total. The van der Waals surface area contributed by atoms with Gasteiger partial charge in [0.2, 0.25) is 0 Å². The molecule has 2 amide bonds. The van der Waals surface area contributed by atoms with Gasteiger partial charge in [-0.1, -0.05) is 0 Å². The second-order valence-electron chi connectivity index (χ2n) is 3.74. The molecule has 0 spiro atoms. The first kappa shape index (κ1) is 13.4. The fraction of sp³-hybridized carbons (Fsp3) is 0.889. The highest BCUT2D eigenvalue weighted by Crippen LogP contribution is 1.92. The van der Waals surface area contributed by atoms with Crippen molar-refractivity contribution >= 4 is 16.8 Å². The molecule has 0 saturated heterocycles. The highest BCUT2D eigenvalue weighted by molar-refractivity contribution is 7.84. The highest BCUT2D eigenvalue weighted by atomic mass is 32.2. The summed E-state index contributed by atoms with van der Waals surface area (Å²) in [6, 6.07) is 0.0505. The molecule has 0 aliphatic carbocycles. The van der Waals surface area contributed by atoms with Gasteiger partial charge in [-0.15, -0.1) is 0 Å². The number of nitrogens with one attached hydrogen (secondary N) is 2. The fourth-order valence-electron chi connectivity index (χ4n) is 0.943. The summed E-state index contributed by atoms with van der Waals surface area (Å²) in [6.45, 7) is 5.73. The Morgan fingerprint density at radius 1 is 1.29 bits per heavy atom. The summed E-state index contributed by atoms with van der Waals surface area (Å²) in [6.07, 6.45) is 2.41. The number of carbonyl (C=O) groups excluding carboxylic acids is 1. The fourth-order valence-corrected chi connectivity index (χ4v) is 1.63. The first-order valence-electron chi connectivity index (χ1n) is 4.79. The Labute approximate surface area is 88.3 Å². The largest absolute Gasteiger partial charge is 0.336 e. The Morgan fingerprint density at radius 2 is 1.86 bits per heavy atom. The van der Waals surface area contributed by atoms with E-state index in [2.05, 4.69) is 10.6 Å². The highest BCUT2D eigenvalue weighted by Gasteiger charge is 2.07. The third-order valence-electron chi connectivity index (χ3n) is 1.64. The Morgan fingerprint density at radius 3 is 2.29 bits per heavy atom. The molecule has 0 fully saturated rings. The van der Waals surface area contributed by atoms with E-state index in [1.807, 2.05) is 20.8 Å². The van der Waals surface area contributed by atoms with Gasteiger partial charge in [0.05, 0.1) is 0 Å². The summed E-state index contributed by atoms with van der Waals surface area (Å²) in [5.41, 5.74) is 0. The lowest BCUT2D eigenvalue weighted by atomic mass is 10.3. The monoisotopic (exact) mass is 220 g/mol. The first-order valence-corrected chi connectivity index (χ1v) is 6.51. The topological polar surface area (TPSA) is 58.2 Å². The Kier molecular flexibility index (Phi) is 6.53. The maximum absolute atomic E-state index is 11.2. The number of amides is 2. The van der Waals surface area contributed by atoms with Crippen LogP contribution in [0.25, 0.3) is 0 Å². The molecule has 0 aromatic rings. The van der Waals surface area contributed by atoms with Crippen LogP contribution in [0.3, 0.4) is 0 Å². The Bertz CT molecular complexity index is 207. The second-order valence-corrected chi connectivity index (χ2v) is 5.29. The number of rotatable bonds is 5. The molecule has 0 rings (SSSR count). The predicted molar refractivity (Wildman–Crippen MR) is 59.8 cm³/mol. The van der Waals surface area contributed by atoms with Crippen molar-refractivity contribution in [3.63, 3.8) is 0 Å². The molecule has 0 aromatic heterocycles. The van der Waals surface area contributed by atoms with E-state index < -0.39 is 10.8 Å². The zero-order valence-corrected chi connectivity index (χ0v) is 10.1. The molecule has 2 N–H and O–H groups in total. The molecular formula is C9H20N2O2S. The van der Waals surface area contributed by atoms with Gasteiger partial charge in [-0.05, 0) is 27.2 Å². The van der Waals surface area contributed by atoms with E-state index in [0.717, 1.165) is 6.42 Å². The van der Waals surface area contributed by atoms with Gasteiger partial charge in [-0.3, -0.25) is 4.21 Å². The summed E-state index contributed by atoms with van der Waals surface area (Å²) in [7, 11) is -0.783. The minimum Gasteiger partial charge on any atom is -0.336 e. The molecule has 0 bridgehead atoms. The van der Waals surface area contributed by atoms with Crippen LogP contribution in [-0.2, 0) is 10.8 Å². The first-order chi connectivity index (χ1) is 6.41. The van der Waals surface area contributed by atoms with Crippen LogP contribution in [0.1, 0.15) is 27.2 Å². The van der Waals surface area contributed by atoms with E-state index in [0.29, 0.717) is 5.75 Å². The lowest BCUT2D eigenvalue weighted by Crippen LogP contribution is -2.43. The van der Waals surface area contributed by atoms with E-state index in [1.165, 1.54) is 0 Å². The van der Waals surface area contributed by atoms with Crippen LogP contribution >= 0.6 is 0 Å².